The van der Waals surface area contributed by atoms with Gasteiger partial charge in [-0.2, -0.15) is 0 Å². The van der Waals surface area contributed by atoms with Gasteiger partial charge in [-0.25, -0.2) is 0 Å². The summed E-state index contributed by atoms with van der Waals surface area (Å²) in [5, 5.41) is 10.1. The molecule has 2 rings (SSSR count). The van der Waals surface area contributed by atoms with Gasteiger partial charge in [-0.1, -0.05) is 13.0 Å². The minimum absolute atomic E-state index is 0.210. The molecule has 0 aliphatic heterocycles. The lowest BCUT2D eigenvalue weighted by molar-refractivity contribution is 0.224. The number of fused-ring (bicyclic) bond motifs is 1. The van der Waals surface area contributed by atoms with Crippen molar-refractivity contribution in [2.45, 2.75) is 13.5 Å². The largest absolute Gasteiger partial charge is 0.398 e. The third kappa shape index (κ3) is 1.83. The first-order valence-corrected chi connectivity index (χ1v) is 5.16. The summed E-state index contributed by atoms with van der Waals surface area (Å²) in [5.74, 6) is 0.266. The zero-order valence-electron chi connectivity index (χ0n) is 8.85. The molecule has 0 aliphatic rings. The summed E-state index contributed by atoms with van der Waals surface area (Å²) in [7, 11) is 0. The highest BCUT2D eigenvalue weighted by Crippen LogP contribution is 2.22. The van der Waals surface area contributed by atoms with Crippen molar-refractivity contribution in [1.29, 1.82) is 0 Å². The van der Waals surface area contributed by atoms with Crippen LogP contribution in [0.2, 0.25) is 0 Å². The van der Waals surface area contributed by atoms with Crippen LogP contribution in [0.5, 0.6) is 0 Å². The molecular weight excluding hydrogens is 188 g/mol. The molecule has 1 heterocycles. The fourth-order valence-electron chi connectivity index (χ4n) is 1.80. The van der Waals surface area contributed by atoms with Gasteiger partial charge in [0.05, 0.1) is 5.52 Å². The number of nitrogens with two attached hydrogens (primary N) is 1. The van der Waals surface area contributed by atoms with Crippen molar-refractivity contribution < 1.29 is 5.11 Å². The van der Waals surface area contributed by atoms with E-state index in [9.17, 15) is 0 Å². The molecule has 0 amide bonds. The summed E-state index contributed by atoms with van der Waals surface area (Å²) in [5.41, 5.74) is 7.81. The van der Waals surface area contributed by atoms with Gasteiger partial charge in [-0.05, 0) is 24.1 Å². The molecule has 0 bridgehead atoms. The minimum atomic E-state index is 0.210. The first-order chi connectivity index (χ1) is 7.22. The van der Waals surface area contributed by atoms with E-state index in [1.54, 1.807) is 0 Å². The van der Waals surface area contributed by atoms with Crippen LogP contribution in [0.25, 0.3) is 10.9 Å². The standard InChI is InChI=1S/C12H16N2O/c1-9(8-15)7-14-6-5-10-11(13)3-2-4-12(10)14/h2-6,9,15H,7-8,13H2,1H3. The Hall–Kier alpha value is -1.48. The Balaban J connectivity index is 2.41. The van der Waals surface area contributed by atoms with Crippen LogP contribution in [-0.2, 0) is 6.54 Å². The van der Waals surface area contributed by atoms with Crippen LogP contribution in [0.1, 0.15) is 6.92 Å². The second-order valence-corrected chi connectivity index (χ2v) is 4.04. The van der Waals surface area contributed by atoms with E-state index >= 15 is 0 Å². The Labute approximate surface area is 89.1 Å². The van der Waals surface area contributed by atoms with E-state index in [2.05, 4.69) is 10.6 Å². The predicted molar refractivity (Wildman–Crippen MR) is 62.6 cm³/mol. The molecule has 1 aromatic heterocycles. The van der Waals surface area contributed by atoms with Crippen molar-refractivity contribution >= 4 is 16.6 Å². The summed E-state index contributed by atoms with van der Waals surface area (Å²) in [6.45, 7) is 3.06. The molecule has 1 unspecified atom stereocenters. The highest BCUT2D eigenvalue weighted by molar-refractivity contribution is 5.91. The second-order valence-electron chi connectivity index (χ2n) is 4.04. The first-order valence-electron chi connectivity index (χ1n) is 5.16. The van der Waals surface area contributed by atoms with Gasteiger partial charge in [0.1, 0.15) is 0 Å². The normalized spacial score (nSPS) is 13.2. The molecule has 1 aromatic carbocycles. The number of nitrogen functional groups attached to an aromatic ring is 1. The van der Waals surface area contributed by atoms with E-state index in [0.29, 0.717) is 0 Å². The van der Waals surface area contributed by atoms with Gasteiger partial charge >= 0.3 is 0 Å². The Morgan fingerprint density at radius 1 is 1.40 bits per heavy atom. The van der Waals surface area contributed by atoms with E-state index in [1.165, 1.54) is 0 Å². The monoisotopic (exact) mass is 204 g/mol. The molecule has 15 heavy (non-hydrogen) atoms. The topological polar surface area (TPSA) is 51.2 Å². The third-order valence-electron chi connectivity index (χ3n) is 2.67. The van der Waals surface area contributed by atoms with Gasteiger partial charge in [0.15, 0.2) is 0 Å². The smallest absolute Gasteiger partial charge is 0.0501 e. The molecule has 80 valence electrons. The lowest BCUT2D eigenvalue weighted by Gasteiger charge is -2.10. The fraction of sp³-hybridized carbons (Fsp3) is 0.333. The van der Waals surface area contributed by atoms with Gasteiger partial charge in [0.2, 0.25) is 0 Å². The minimum Gasteiger partial charge on any atom is -0.398 e. The number of aliphatic hydroxyl groups is 1. The van der Waals surface area contributed by atoms with Crippen LogP contribution < -0.4 is 5.73 Å². The zero-order valence-corrected chi connectivity index (χ0v) is 8.85. The van der Waals surface area contributed by atoms with Gasteiger partial charge in [-0.15, -0.1) is 0 Å². The highest BCUT2D eigenvalue weighted by atomic mass is 16.3. The average Bonchev–Trinajstić information content (AvgIpc) is 2.63. The molecule has 0 saturated heterocycles. The van der Waals surface area contributed by atoms with Crippen LogP contribution in [0.3, 0.4) is 0 Å². The molecule has 0 radical (unpaired) electrons. The molecule has 1 atom stereocenters. The Bertz CT molecular complexity index is 462. The molecule has 0 saturated carbocycles. The summed E-state index contributed by atoms with van der Waals surface area (Å²) < 4.78 is 2.13. The SMILES string of the molecule is CC(CO)Cn1ccc2c(N)cccc21. The quantitative estimate of drug-likeness (QED) is 0.750. The second kappa shape index (κ2) is 3.95. The van der Waals surface area contributed by atoms with Gasteiger partial charge in [-0.3, -0.25) is 0 Å². The van der Waals surface area contributed by atoms with Crippen molar-refractivity contribution in [2.24, 2.45) is 5.92 Å². The highest BCUT2D eigenvalue weighted by Gasteiger charge is 2.06. The summed E-state index contributed by atoms with van der Waals surface area (Å²) in [4.78, 5) is 0. The van der Waals surface area contributed by atoms with Gasteiger partial charge in [0.25, 0.3) is 0 Å². The van der Waals surface area contributed by atoms with Crippen molar-refractivity contribution in [2.75, 3.05) is 12.3 Å². The van der Waals surface area contributed by atoms with Gasteiger partial charge < -0.3 is 15.4 Å². The average molecular weight is 204 g/mol. The maximum Gasteiger partial charge on any atom is 0.0501 e. The summed E-state index contributed by atoms with van der Waals surface area (Å²) >= 11 is 0. The van der Waals surface area contributed by atoms with Crippen molar-refractivity contribution in [1.82, 2.24) is 4.57 Å². The number of aromatic nitrogens is 1. The Morgan fingerprint density at radius 2 is 2.20 bits per heavy atom. The maximum absolute atomic E-state index is 9.02. The van der Waals surface area contributed by atoms with Crippen molar-refractivity contribution in [3.05, 3.63) is 30.5 Å². The zero-order chi connectivity index (χ0) is 10.8. The lowest BCUT2D eigenvalue weighted by atomic mass is 10.2. The van der Waals surface area contributed by atoms with Crippen LogP contribution >= 0.6 is 0 Å². The Kier molecular flexibility index (Phi) is 2.64. The fourth-order valence-corrected chi connectivity index (χ4v) is 1.80. The predicted octanol–water partition coefficient (Wildman–Crippen LogP) is 1.85. The van der Waals surface area contributed by atoms with Crippen LogP contribution in [0.15, 0.2) is 30.5 Å². The Morgan fingerprint density at radius 3 is 2.93 bits per heavy atom. The van der Waals surface area contributed by atoms with Crippen LogP contribution in [0, 0.1) is 5.92 Å². The van der Waals surface area contributed by atoms with Crippen LogP contribution in [-0.4, -0.2) is 16.3 Å². The number of rotatable bonds is 3. The molecule has 3 N–H and O–H groups in total. The van der Waals surface area contributed by atoms with E-state index in [-0.39, 0.29) is 12.5 Å². The first kappa shape index (κ1) is 10.1. The van der Waals surface area contributed by atoms with E-state index in [0.717, 1.165) is 23.1 Å². The van der Waals surface area contributed by atoms with E-state index in [1.807, 2.05) is 31.3 Å². The number of aliphatic hydroxyl groups excluding tert-OH is 1. The molecule has 2 aromatic rings. The molecule has 3 nitrogen and oxygen atoms in total. The molecule has 0 fully saturated rings. The molecule has 3 heteroatoms. The number of benzene rings is 1. The van der Waals surface area contributed by atoms with Crippen molar-refractivity contribution in [3.63, 3.8) is 0 Å². The number of nitrogens with zero attached hydrogens (tertiary/aromatic N) is 1. The molecule has 0 aliphatic carbocycles. The number of hydrogen-bond donors (Lipinski definition) is 2. The maximum atomic E-state index is 9.02. The van der Waals surface area contributed by atoms with Gasteiger partial charge in [0, 0.05) is 30.4 Å². The summed E-state index contributed by atoms with van der Waals surface area (Å²) in [6.07, 6.45) is 2.02. The number of anilines is 1. The lowest BCUT2D eigenvalue weighted by Crippen LogP contribution is -2.10. The third-order valence-corrected chi connectivity index (χ3v) is 2.67. The molecular formula is C12H16N2O. The summed E-state index contributed by atoms with van der Waals surface area (Å²) in [6, 6.07) is 7.93. The number of hydrogen-bond acceptors (Lipinski definition) is 2. The molecule has 0 spiro atoms. The van der Waals surface area contributed by atoms with Crippen LogP contribution in [0.4, 0.5) is 5.69 Å². The van der Waals surface area contributed by atoms with E-state index < -0.39 is 0 Å². The van der Waals surface area contributed by atoms with Crippen molar-refractivity contribution in [3.8, 4) is 0 Å². The van der Waals surface area contributed by atoms with E-state index in [4.69, 9.17) is 10.8 Å².